The van der Waals surface area contributed by atoms with Crippen molar-refractivity contribution >= 4 is 5.91 Å². The van der Waals surface area contributed by atoms with Gasteiger partial charge in [0, 0.05) is 38.1 Å². The van der Waals surface area contributed by atoms with E-state index in [4.69, 9.17) is 4.74 Å². The molecule has 5 rings (SSSR count). The van der Waals surface area contributed by atoms with Crippen molar-refractivity contribution in [1.82, 2.24) is 19.4 Å². The summed E-state index contributed by atoms with van der Waals surface area (Å²) in [6, 6.07) is 15.3. The number of hydrogen-bond acceptors (Lipinski definition) is 4. The second-order valence-electron chi connectivity index (χ2n) is 8.77. The zero-order valence-corrected chi connectivity index (χ0v) is 18.8. The first-order valence-corrected chi connectivity index (χ1v) is 11.3. The molecule has 0 atom stereocenters. The third kappa shape index (κ3) is 3.83. The number of amides is 1. The Morgan fingerprint density at radius 3 is 2.41 bits per heavy atom. The van der Waals surface area contributed by atoms with Crippen molar-refractivity contribution in [3.05, 3.63) is 77.7 Å². The first-order valence-electron chi connectivity index (χ1n) is 11.3. The van der Waals surface area contributed by atoms with Gasteiger partial charge in [0.2, 0.25) is 5.88 Å². The zero-order chi connectivity index (χ0) is 23.9. The Hall–Kier alpha value is -3.33. The van der Waals surface area contributed by atoms with Gasteiger partial charge in [-0.25, -0.2) is 4.98 Å². The van der Waals surface area contributed by atoms with E-state index in [1.165, 1.54) is 10.6 Å². The standard InChI is InChI=1S/C25H25F3N4O2/c1-30-16-17-32-20(9-10-21(32)25(26,27)28)24(30)11-14-31(15-12-24)23(33)19-8-5-13-29-22(19)34-18-6-3-2-4-7-18/h2-10,13H,11-12,14-17H2,1H3. The number of alkyl halides is 3. The van der Waals surface area contributed by atoms with E-state index >= 15 is 0 Å². The van der Waals surface area contributed by atoms with Crippen molar-refractivity contribution in [2.45, 2.75) is 31.1 Å². The van der Waals surface area contributed by atoms with Crippen molar-refractivity contribution in [2.24, 2.45) is 0 Å². The van der Waals surface area contributed by atoms with Crippen molar-refractivity contribution < 1.29 is 22.7 Å². The number of aromatic nitrogens is 2. The van der Waals surface area contributed by atoms with E-state index < -0.39 is 17.4 Å². The number of ether oxygens (including phenoxy) is 1. The molecule has 2 aliphatic rings. The van der Waals surface area contributed by atoms with Crippen molar-refractivity contribution in [3.63, 3.8) is 0 Å². The van der Waals surface area contributed by atoms with Gasteiger partial charge in [0.25, 0.3) is 5.91 Å². The summed E-state index contributed by atoms with van der Waals surface area (Å²) in [6.45, 7) is 1.68. The Kier molecular flexibility index (Phi) is 5.59. The number of rotatable bonds is 3. The monoisotopic (exact) mass is 470 g/mol. The minimum absolute atomic E-state index is 0.196. The highest BCUT2D eigenvalue weighted by atomic mass is 19.4. The van der Waals surface area contributed by atoms with Crippen LogP contribution in [0, 0.1) is 0 Å². The van der Waals surface area contributed by atoms with Crippen LogP contribution in [0.15, 0.2) is 60.8 Å². The average molecular weight is 470 g/mol. The summed E-state index contributed by atoms with van der Waals surface area (Å²) in [6.07, 6.45) is -1.72. The van der Waals surface area contributed by atoms with Gasteiger partial charge in [-0.3, -0.25) is 9.69 Å². The minimum atomic E-state index is -4.39. The van der Waals surface area contributed by atoms with Crippen LogP contribution in [0.2, 0.25) is 0 Å². The lowest BCUT2D eigenvalue weighted by atomic mass is 9.81. The molecule has 0 N–H and O–H groups in total. The van der Waals surface area contributed by atoms with Gasteiger partial charge in [0.05, 0.1) is 5.54 Å². The number of fused-ring (bicyclic) bond motifs is 2. The molecular weight excluding hydrogens is 445 g/mol. The van der Waals surface area contributed by atoms with Crippen LogP contribution < -0.4 is 4.74 Å². The lowest BCUT2D eigenvalue weighted by molar-refractivity contribution is -0.144. The maximum absolute atomic E-state index is 13.5. The van der Waals surface area contributed by atoms with Gasteiger partial charge in [-0.15, -0.1) is 0 Å². The Bertz CT molecular complexity index is 1180. The van der Waals surface area contributed by atoms with E-state index in [9.17, 15) is 18.0 Å². The maximum atomic E-state index is 13.5. The second-order valence-corrected chi connectivity index (χ2v) is 8.77. The summed E-state index contributed by atoms with van der Waals surface area (Å²) in [4.78, 5) is 21.5. The molecule has 1 aromatic carbocycles. The summed E-state index contributed by atoms with van der Waals surface area (Å²) >= 11 is 0. The molecule has 0 radical (unpaired) electrons. The first kappa shape index (κ1) is 22.5. The summed E-state index contributed by atoms with van der Waals surface area (Å²) < 4.78 is 47.8. The number of nitrogens with zero attached hydrogens (tertiary/aromatic N) is 4. The van der Waals surface area contributed by atoms with Gasteiger partial charge < -0.3 is 14.2 Å². The Labute approximate surface area is 195 Å². The van der Waals surface area contributed by atoms with E-state index in [1.807, 2.05) is 25.2 Å². The van der Waals surface area contributed by atoms with Gasteiger partial charge in [-0.2, -0.15) is 13.2 Å². The molecule has 9 heteroatoms. The molecule has 1 saturated heterocycles. The molecule has 0 saturated carbocycles. The molecule has 1 amide bonds. The lowest BCUT2D eigenvalue weighted by Crippen LogP contribution is -2.56. The number of likely N-dealkylation sites (tertiary alicyclic amines) is 1. The molecule has 2 aromatic heterocycles. The SMILES string of the molecule is CN1CCn2c(C(F)(F)F)ccc2C12CCN(C(=O)c1cccnc1Oc1ccccc1)CC2. The predicted octanol–water partition coefficient (Wildman–Crippen LogP) is 4.77. The average Bonchev–Trinajstić information content (AvgIpc) is 3.29. The Morgan fingerprint density at radius 1 is 0.971 bits per heavy atom. The molecule has 3 aromatic rings. The third-order valence-corrected chi connectivity index (χ3v) is 6.97. The van der Waals surface area contributed by atoms with Crippen LogP contribution in [0.5, 0.6) is 11.6 Å². The molecule has 2 aliphatic heterocycles. The fourth-order valence-corrected chi connectivity index (χ4v) is 5.14. The van der Waals surface area contributed by atoms with E-state index in [0.29, 0.717) is 56.0 Å². The van der Waals surface area contributed by atoms with Crippen LogP contribution in [0.1, 0.15) is 34.6 Å². The summed E-state index contributed by atoms with van der Waals surface area (Å²) in [5.41, 5.74) is -0.0969. The van der Waals surface area contributed by atoms with Crippen molar-refractivity contribution in [3.8, 4) is 11.6 Å². The maximum Gasteiger partial charge on any atom is 0.431 e. The molecule has 0 bridgehead atoms. The number of hydrogen-bond donors (Lipinski definition) is 0. The van der Waals surface area contributed by atoms with Gasteiger partial charge >= 0.3 is 6.18 Å². The number of piperidine rings is 1. The normalized spacial score (nSPS) is 18.1. The summed E-state index contributed by atoms with van der Waals surface area (Å²) in [5.74, 6) is 0.620. The van der Waals surface area contributed by atoms with Crippen LogP contribution in [0.25, 0.3) is 0 Å². The predicted molar refractivity (Wildman–Crippen MR) is 120 cm³/mol. The van der Waals surface area contributed by atoms with Gasteiger partial charge in [-0.1, -0.05) is 18.2 Å². The molecule has 1 fully saturated rings. The third-order valence-electron chi connectivity index (χ3n) is 6.97. The molecule has 0 aliphatic carbocycles. The highest BCUT2D eigenvalue weighted by molar-refractivity contribution is 5.96. The largest absolute Gasteiger partial charge is 0.438 e. The van der Waals surface area contributed by atoms with Crippen molar-refractivity contribution in [1.29, 1.82) is 0 Å². The summed E-state index contributed by atoms with van der Waals surface area (Å²) in [7, 11) is 1.95. The quantitative estimate of drug-likeness (QED) is 0.553. The number of likely N-dealkylation sites (N-methyl/N-ethyl adjacent to an activating group) is 1. The Balaban J connectivity index is 1.37. The van der Waals surface area contributed by atoms with Crippen LogP contribution in [-0.2, 0) is 18.3 Å². The van der Waals surface area contributed by atoms with Crippen LogP contribution in [-0.4, -0.2) is 51.9 Å². The highest BCUT2D eigenvalue weighted by Crippen LogP contribution is 2.44. The van der Waals surface area contributed by atoms with Crippen LogP contribution in [0.4, 0.5) is 13.2 Å². The molecule has 178 valence electrons. The second kappa shape index (κ2) is 8.47. The van der Waals surface area contributed by atoms with Gasteiger partial charge in [0.1, 0.15) is 17.0 Å². The summed E-state index contributed by atoms with van der Waals surface area (Å²) in [5, 5.41) is 0. The van der Waals surface area contributed by atoms with Crippen LogP contribution in [0.3, 0.4) is 0 Å². The van der Waals surface area contributed by atoms with Crippen LogP contribution >= 0.6 is 0 Å². The van der Waals surface area contributed by atoms with E-state index in [2.05, 4.69) is 9.88 Å². The van der Waals surface area contributed by atoms with E-state index in [-0.39, 0.29) is 11.8 Å². The van der Waals surface area contributed by atoms with E-state index in [1.54, 1.807) is 41.4 Å². The molecule has 1 spiro atoms. The Morgan fingerprint density at radius 2 is 1.71 bits per heavy atom. The number of carbonyl (C=O) groups is 1. The smallest absolute Gasteiger partial charge is 0.431 e. The van der Waals surface area contributed by atoms with Gasteiger partial charge in [0.15, 0.2) is 0 Å². The number of pyridine rings is 1. The zero-order valence-electron chi connectivity index (χ0n) is 18.8. The fraction of sp³-hybridized carbons (Fsp3) is 0.360. The van der Waals surface area contributed by atoms with Crippen molar-refractivity contribution in [2.75, 3.05) is 26.7 Å². The van der Waals surface area contributed by atoms with Gasteiger partial charge in [-0.05, 0) is 56.3 Å². The molecule has 0 unspecified atom stereocenters. The fourth-order valence-electron chi connectivity index (χ4n) is 5.14. The molecule has 6 nitrogen and oxygen atoms in total. The highest BCUT2D eigenvalue weighted by Gasteiger charge is 2.47. The number of halogens is 3. The topological polar surface area (TPSA) is 50.6 Å². The number of para-hydroxylation sites is 1. The molecule has 4 heterocycles. The minimum Gasteiger partial charge on any atom is -0.438 e. The molecule has 34 heavy (non-hydrogen) atoms. The number of benzene rings is 1. The van der Waals surface area contributed by atoms with E-state index in [0.717, 1.165) is 0 Å². The first-order chi connectivity index (χ1) is 16.3. The lowest BCUT2D eigenvalue weighted by Gasteiger charge is -2.50. The molecular formula is C25H25F3N4O2. The number of carbonyl (C=O) groups excluding carboxylic acids is 1.